The number of phosphoric acid groups is 3. The molecular formula is C16H20N9O14P3S. The lowest BCUT2D eigenvalue weighted by atomic mass is 10.2. The Morgan fingerprint density at radius 2 is 2.00 bits per heavy atom. The van der Waals surface area contributed by atoms with Crippen molar-refractivity contribution in [2.24, 2.45) is 5.11 Å². The molecule has 7 N–H and O–H groups in total. The number of hydrogen-bond acceptors (Lipinski definition) is 16. The predicted octanol–water partition coefficient (Wildman–Crippen LogP) is 1.13. The number of nitrogens with zero attached hydrogens (tertiary/aromatic N) is 7. The largest absolute Gasteiger partial charge is 0.490 e. The fraction of sp³-hybridized carbons (Fsp3) is 0.438. The number of azide groups is 1. The van der Waals surface area contributed by atoms with Crippen LogP contribution in [0.1, 0.15) is 33.0 Å². The van der Waals surface area contributed by atoms with Crippen LogP contribution < -0.4 is 11.3 Å². The number of nitrogens with one attached hydrogen (secondary N) is 1. The fourth-order valence-corrected chi connectivity index (χ4v) is 7.67. The molecule has 3 aromatic heterocycles. The van der Waals surface area contributed by atoms with Crippen LogP contribution in [0.15, 0.2) is 16.2 Å². The Balaban J connectivity index is 1.59. The fourth-order valence-electron chi connectivity index (χ4n) is 3.79. The molecule has 27 heteroatoms. The summed E-state index contributed by atoms with van der Waals surface area (Å²) in [5.41, 5.74) is 13.2. The van der Waals surface area contributed by atoms with Gasteiger partial charge in [-0.2, -0.15) is 13.6 Å². The molecule has 234 valence electrons. The van der Waals surface area contributed by atoms with E-state index in [-0.39, 0.29) is 40.6 Å². The number of carbonyl (C=O) groups is 1. The summed E-state index contributed by atoms with van der Waals surface area (Å²) in [4.78, 5) is 79.1. The molecule has 4 heterocycles. The number of nitrogens with two attached hydrogens (primary N) is 1. The number of nitrogen functional groups attached to an aromatic ring is 1. The third-order valence-corrected chi connectivity index (χ3v) is 10.1. The highest BCUT2D eigenvalue weighted by Gasteiger charge is 2.44. The lowest BCUT2D eigenvalue weighted by molar-refractivity contribution is -0.0491. The number of aryl methyl sites for hydroxylation is 1. The van der Waals surface area contributed by atoms with Crippen LogP contribution in [0.5, 0.6) is 0 Å². The standard InChI is InChI=1S/C16H20N9O14P3S/c1-6-21-11(9(43-6)3-20-24-18)15(27)37-7-2-10(25-5-19-12-13(25)22-16(17)23-14(12)26)36-8(7)4-35-41(31,32)39-42(33,34)38-40(28,29)30/h5,7-8,10H,2-4H2,1H3,(H,31,32)(H,33,34)(H2,28,29,30)(H3,17,22,23,26)/t7?,8-,10-/m1/s1. The number of imidazole rings is 1. The van der Waals surface area contributed by atoms with E-state index in [0.29, 0.717) is 5.01 Å². The Bertz CT molecular complexity index is 1800. The minimum absolute atomic E-state index is 0.0309. The van der Waals surface area contributed by atoms with E-state index in [4.69, 9.17) is 30.5 Å². The molecule has 0 amide bonds. The Hall–Kier alpha value is -3.07. The van der Waals surface area contributed by atoms with Gasteiger partial charge in [-0.15, -0.1) is 11.3 Å². The van der Waals surface area contributed by atoms with Gasteiger partial charge >= 0.3 is 29.4 Å². The van der Waals surface area contributed by atoms with E-state index in [0.717, 1.165) is 11.3 Å². The van der Waals surface area contributed by atoms with E-state index in [1.807, 2.05) is 0 Å². The summed E-state index contributed by atoms with van der Waals surface area (Å²) in [7, 11) is -17.0. The number of thiazole rings is 1. The highest BCUT2D eigenvalue weighted by molar-refractivity contribution is 7.66. The van der Waals surface area contributed by atoms with E-state index >= 15 is 0 Å². The van der Waals surface area contributed by atoms with Crippen molar-refractivity contribution in [3.8, 4) is 0 Å². The molecule has 3 aromatic rings. The third kappa shape index (κ3) is 8.31. The second-order valence-corrected chi connectivity index (χ2v) is 14.1. The second-order valence-electron chi connectivity index (χ2n) is 8.36. The lowest BCUT2D eigenvalue weighted by Crippen LogP contribution is -2.31. The third-order valence-electron chi connectivity index (χ3n) is 5.29. The van der Waals surface area contributed by atoms with Crippen molar-refractivity contribution in [2.75, 3.05) is 12.3 Å². The number of hydrogen-bond donors (Lipinski definition) is 6. The first-order chi connectivity index (χ1) is 20.0. The van der Waals surface area contributed by atoms with Gasteiger partial charge in [0.2, 0.25) is 5.95 Å². The number of aromatic amines is 1. The zero-order chi connectivity index (χ0) is 31.7. The number of ether oxygens (including phenoxy) is 2. The SMILES string of the molecule is Cc1nc(C(=O)OC2C[C@H](n3cnc4c(=O)[nH]c(N)nc43)O[C@@H]2COP(=O)(O)OP(=O)(O)OP(=O)(O)O)c(CN=[N+]=[N-])s1. The Morgan fingerprint density at radius 1 is 1.28 bits per heavy atom. The summed E-state index contributed by atoms with van der Waals surface area (Å²) in [5, 5.41) is 3.85. The minimum Gasteiger partial charge on any atom is -0.455 e. The van der Waals surface area contributed by atoms with Crippen molar-refractivity contribution in [3.63, 3.8) is 0 Å². The van der Waals surface area contributed by atoms with Crippen molar-refractivity contribution in [2.45, 2.75) is 38.3 Å². The molecule has 0 radical (unpaired) electrons. The summed E-state index contributed by atoms with van der Waals surface area (Å²) in [6.07, 6.45) is -2.86. The van der Waals surface area contributed by atoms with Gasteiger partial charge in [0, 0.05) is 16.2 Å². The van der Waals surface area contributed by atoms with Gasteiger partial charge in [0.25, 0.3) is 5.56 Å². The summed E-state index contributed by atoms with van der Waals surface area (Å²) in [5.74, 6) is -1.25. The van der Waals surface area contributed by atoms with Crippen LogP contribution in [-0.4, -0.2) is 68.9 Å². The summed E-state index contributed by atoms with van der Waals surface area (Å²) in [6.45, 7) is 0.405. The molecule has 3 unspecified atom stereocenters. The van der Waals surface area contributed by atoms with Crippen LogP contribution in [0.4, 0.5) is 5.95 Å². The van der Waals surface area contributed by atoms with Crippen LogP contribution in [0.3, 0.4) is 0 Å². The Morgan fingerprint density at radius 3 is 2.67 bits per heavy atom. The number of esters is 1. The van der Waals surface area contributed by atoms with Gasteiger partial charge < -0.3 is 34.8 Å². The number of rotatable bonds is 12. The molecule has 1 aliphatic rings. The van der Waals surface area contributed by atoms with Crippen molar-refractivity contribution < 1.29 is 60.7 Å². The van der Waals surface area contributed by atoms with Crippen LogP contribution in [0.2, 0.25) is 0 Å². The van der Waals surface area contributed by atoms with E-state index in [1.165, 1.54) is 10.9 Å². The molecule has 0 spiro atoms. The number of aromatic nitrogens is 5. The van der Waals surface area contributed by atoms with Gasteiger partial charge in [0.05, 0.1) is 24.5 Å². The summed E-state index contributed by atoms with van der Waals surface area (Å²) in [6, 6.07) is 0. The normalized spacial score (nSPS) is 21.7. The first kappa shape index (κ1) is 32.8. The van der Waals surface area contributed by atoms with Crippen LogP contribution >= 0.6 is 34.8 Å². The second kappa shape index (κ2) is 12.5. The Labute approximate surface area is 241 Å². The summed E-state index contributed by atoms with van der Waals surface area (Å²) >= 11 is 1.06. The molecule has 0 aromatic carbocycles. The van der Waals surface area contributed by atoms with Gasteiger partial charge in [-0.25, -0.2) is 28.5 Å². The van der Waals surface area contributed by atoms with E-state index in [2.05, 4.69) is 43.1 Å². The smallest absolute Gasteiger partial charge is 0.455 e. The topological polar surface area (TPSA) is 347 Å². The predicted molar refractivity (Wildman–Crippen MR) is 140 cm³/mol. The number of fused-ring (bicyclic) bond motifs is 1. The molecule has 43 heavy (non-hydrogen) atoms. The molecule has 23 nitrogen and oxygen atoms in total. The monoisotopic (exact) mass is 687 g/mol. The molecule has 0 saturated carbocycles. The van der Waals surface area contributed by atoms with Crippen molar-refractivity contribution in [1.29, 1.82) is 0 Å². The molecule has 1 saturated heterocycles. The average molecular weight is 687 g/mol. The molecule has 4 rings (SSSR count). The van der Waals surface area contributed by atoms with Gasteiger partial charge in [-0.3, -0.25) is 18.9 Å². The number of H-pyrrole nitrogens is 1. The zero-order valence-corrected chi connectivity index (χ0v) is 24.8. The highest BCUT2D eigenvalue weighted by atomic mass is 32.1. The molecule has 0 aliphatic carbocycles. The van der Waals surface area contributed by atoms with Crippen molar-refractivity contribution in [1.82, 2.24) is 24.5 Å². The first-order valence-corrected chi connectivity index (χ1v) is 16.6. The molecular weight excluding hydrogens is 667 g/mol. The number of carbonyl (C=O) groups excluding carboxylic acids is 1. The van der Waals surface area contributed by atoms with E-state index < -0.39 is 60.0 Å². The number of anilines is 1. The lowest BCUT2D eigenvalue weighted by Gasteiger charge is -2.21. The van der Waals surface area contributed by atoms with E-state index in [9.17, 15) is 33.1 Å². The number of phosphoric ester groups is 1. The molecule has 1 aliphatic heterocycles. The van der Waals surface area contributed by atoms with Crippen LogP contribution in [0.25, 0.3) is 21.6 Å². The van der Waals surface area contributed by atoms with Gasteiger partial charge in [-0.05, 0) is 12.5 Å². The van der Waals surface area contributed by atoms with Crippen molar-refractivity contribution >= 4 is 57.9 Å². The Kier molecular flexibility index (Phi) is 9.55. The van der Waals surface area contributed by atoms with Gasteiger partial charge in [0.15, 0.2) is 16.9 Å². The maximum absolute atomic E-state index is 13.1. The molecule has 1 fully saturated rings. The average Bonchev–Trinajstić information content (AvgIpc) is 3.55. The quantitative estimate of drug-likeness (QED) is 0.0510. The highest BCUT2D eigenvalue weighted by Crippen LogP contribution is 2.66. The minimum atomic E-state index is -5.81. The maximum Gasteiger partial charge on any atom is 0.490 e. The molecule has 0 bridgehead atoms. The van der Waals surface area contributed by atoms with Gasteiger partial charge in [-0.1, -0.05) is 5.11 Å². The van der Waals surface area contributed by atoms with E-state index in [1.54, 1.807) is 6.92 Å². The van der Waals surface area contributed by atoms with Gasteiger partial charge in [0.1, 0.15) is 18.4 Å². The van der Waals surface area contributed by atoms with Crippen LogP contribution in [0, 0.1) is 6.92 Å². The molecule has 5 atom stereocenters. The van der Waals surface area contributed by atoms with Crippen LogP contribution in [-0.2, 0) is 42.9 Å². The van der Waals surface area contributed by atoms with Crippen molar-refractivity contribution in [3.05, 3.63) is 42.7 Å². The summed E-state index contributed by atoms with van der Waals surface area (Å²) < 4.78 is 59.5. The zero-order valence-electron chi connectivity index (χ0n) is 21.3. The first-order valence-electron chi connectivity index (χ1n) is 11.3. The maximum atomic E-state index is 13.1.